The lowest BCUT2D eigenvalue weighted by molar-refractivity contribution is -0.0512. The minimum Gasteiger partial charge on any atom is -0.493 e. The molecule has 0 fully saturated rings. The number of halogens is 2. The van der Waals surface area contributed by atoms with E-state index in [4.69, 9.17) is 4.74 Å². The Bertz CT molecular complexity index is 358. The van der Waals surface area contributed by atoms with Crippen LogP contribution in [0.4, 0.5) is 8.78 Å². The van der Waals surface area contributed by atoms with Crippen molar-refractivity contribution < 1.29 is 18.3 Å². The van der Waals surface area contributed by atoms with E-state index in [9.17, 15) is 8.78 Å². The van der Waals surface area contributed by atoms with Crippen LogP contribution in [-0.4, -0.2) is 32.2 Å². The molecule has 0 saturated carbocycles. The Kier molecular flexibility index (Phi) is 5.15. The lowest BCUT2D eigenvalue weighted by atomic mass is 10.2. The number of ether oxygens (including phenoxy) is 2. The first kappa shape index (κ1) is 13.7. The summed E-state index contributed by atoms with van der Waals surface area (Å²) in [6.07, 6.45) is 0. The fourth-order valence-corrected chi connectivity index (χ4v) is 1.43. The van der Waals surface area contributed by atoms with Gasteiger partial charge in [0.2, 0.25) is 0 Å². The molecule has 0 aliphatic carbocycles. The third kappa shape index (κ3) is 4.19. The van der Waals surface area contributed by atoms with Crippen molar-refractivity contribution in [3.05, 3.63) is 23.8 Å². The van der Waals surface area contributed by atoms with Crippen LogP contribution in [0.5, 0.6) is 11.5 Å². The molecule has 5 heteroatoms. The Morgan fingerprint density at radius 3 is 2.53 bits per heavy atom. The van der Waals surface area contributed by atoms with Gasteiger partial charge >= 0.3 is 6.61 Å². The van der Waals surface area contributed by atoms with Crippen molar-refractivity contribution in [1.82, 2.24) is 4.90 Å². The van der Waals surface area contributed by atoms with E-state index in [1.807, 2.05) is 14.0 Å². The van der Waals surface area contributed by atoms with Gasteiger partial charge in [-0.2, -0.15) is 8.78 Å². The normalized spacial score (nSPS) is 11.0. The molecule has 0 aliphatic heterocycles. The molecule has 1 rings (SSSR count). The van der Waals surface area contributed by atoms with Gasteiger partial charge in [0.05, 0.1) is 7.11 Å². The summed E-state index contributed by atoms with van der Waals surface area (Å²) in [4.78, 5) is 2.10. The van der Waals surface area contributed by atoms with Gasteiger partial charge in [-0.1, -0.05) is 13.0 Å². The maximum Gasteiger partial charge on any atom is 0.387 e. The number of benzene rings is 1. The number of methoxy groups -OCH3 is 1. The monoisotopic (exact) mass is 245 g/mol. The number of hydrogen-bond acceptors (Lipinski definition) is 3. The molecule has 0 bridgehead atoms. The fourth-order valence-electron chi connectivity index (χ4n) is 1.43. The first-order valence-corrected chi connectivity index (χ1v) is 5.37. The van der Waals surface area contributed by atoms with Gasteiger partial charge in [0.1, 0.15) is 0 Å². The summed E-state index contributed by atoms with van der Waals surface area (Å²) in [6.45, 7) is 0.860. The summed E-state index contributed by atoms with van der Waals surface area (Å²) in [5.41, 5.74) is 0.993. The maximum atomic E-state index is 12.1. The highest BCUT2D eigenvalue weighted by Gasteiger charge is 2.11. The zero-order valence-corrected chi connectivity index (χ0v) is 10.2. The van der Waals surface area contributed by atoms with Crippen LogP contribution in [0.25, 0.3) is 0 Å². The first-order chi connectivity index (χ1) is 8.06. The molecule has 0 radical (unpaired) electrons. The van der Waals surface area contributed by atoms with Crippen molar-refractivity contribution in [2.75, 3.05) is 20.7 Å². The summed E-state index contributed by atoms with van der Waals surface area (Å²) >= 11 is 0. The average Bonchev–Trinajstić information content (AvgIpc) is 2.30. The minimum absolute atomic E-state index is 0.0606. The molecule has 1 aromatic rings. The van der Waals surface area contributed by atoms with E-state index in [-0.39, 0.29) is 5.75 Å². The summed E-state index contributed by atoms with van der Waals surface area (Å²) in [6, 6.07) is 4.97. The quantitative estimate of drug-likeness (QED) is 0.769. The number of hydrogen-bond donors (Lipinski definition) is 0. The SMILES string of the molecule is CCN(C)Cc1ccc(OC(F)F)c(OC)c1. The van der Waals surface area contributed by atoms with Crippen molar-refractivity contribution in [1.29, 1.82) is 0 Å². The molecule has 0 unspecified atom stereocenters. The molecular formula is C12H17F2NO2. The molecule has 0 saturated heterocycles. The van der Waals surface area contributed by atoms with Crippen LogP contribution in [-0.2, 0) is 6.54 Å². The molecule has 1 aromatic carbocycles. The Morgan fingerprint density at radius 1 is 1.29 bits per heavy atom. The first-order valence-electron chi connectivity index (χ1n) is 5.37. The van der Waals surface area contributed by atoms with Gasteiger partial charge in [0, 0.05) is 6.54 Å². The van der Waals surface area contributed by atoms with Gasteiger partial charge in [0.25, 0.3) is 0 Å². The van der Waals surface area contributed by atoms with Crippen molar-refractivity contribution in [3.63, 3.8) is 0 Å². The van der Waals surface area contributed by atoms with Crippen molar-refractivity contribution in [2.24, 2.45) is 0 Å². The van der Waals surface area contributed by atoms with E-state index in [1.54, 1.807) is 12.1 Å². The average molecular weight is 245 g/mol. The summed E-state index contributed by atoms with van der Waals surface area (Å²) in [5, 5.41) is 0. The van der Waals surface area contributed by atoms with Gasteiger partial charge in [-0.15, -0.1) is 0 Å². The predicted octanol–water partition coefficient (Wildman–Crippen LogP) is 2.75. The van der Waals surface area contributed by atoms with Crippen LogP contribution in [0.15, 0.2) is 18.2 Å². The Morgan fingerprint density at radius 2 is 2.00 bits per heavy atom. The van der Waals surface area contributed by atoms with Gasteiger partial charge in [-0.05, 0) is 31.3 Å². The second-order valence-electron chi connectivity index (χ2n) is 3.69. The molecule has 17 heavy (non-hydrogen) atoms. The molecule has 0 spiro atoms. The smallest absolute Gasteiger partial charge is 0.387 e. The molecule has 0 aliphatic rings. The molecule has 0 amide bonds. The maximum absolute atomic E-state index is 12.1. The molecule has 0 atom stereocenters. The number of alkyl halides is 2. The van der Waals surface area contributed by atoms with Crippen molar-refractivity contribution >= 4 is 0 Å². The molecular weight excluding hydrogens is 228 g/mol. The van der Waals surface area contributed by atoms with E-state index >= 15 is 0 Å². The van der Waals surface area contributed by atoms with Gasteiger partial charge < -0.3 is 14.4 Å². The van der Waals surface area contributed by atoms with Crippen LogP contribution in [0.1, 0.15) is 12.5 Å². The Hall–Kier alpha value is -1.36. The lowest BCUT2D eigenvalue weighted by Gasteiger charge is -2.16. The van der Waals surface area contributed by atoms with E-state index in [2.05, 4.69) is 9.64 Å². The van der Waals surface area contributed by atoms with Gasteiger partial charge in [-0.3, -0.25) is 0 Å². The Labute approximate surface area is 99.9 Å². The molecule has 0 N–H and O–H groups in total. The summed E-state index contributed by atoms with van der Waals surface area (Å²) in [5.74, 6) is 0.387. The van der Waals surface area contributed by atoms with Crippen molar-refractivity contribution in [3.8, 4) is 11.5 Å². The van der Waals surface area contributed by atoms with Crippen LogP contribution < -0.4 is 9.47 Å². The topological polar surface area (TPSA) is 21.7 Å². The highest BCUT2D eigenvalue weighted by atomic mass is 19.3. The minimum atomic E-state index is -2.84. The van der Waals surface area contributed by atoms with Crippen LogP contribution in [0, 0.1) is 0 Å². The van der Waals surface area contributed by atoms with E-state index in [0.717, 1.165) is 18.7 Å². The van der Waals surface area contributed by atoms with Gasteiger partial charge in [0.15, 0.2) is 11.5 Å². The van der Waals surface area contributed by atoms with Crippen LogP contribution >= 0.6 is 0 Å². The van der Waals surface area contributed by atoms with Crippen molar-refractivity contribution in [2.45, 2.75) is 20.1 Å². The predicted molar refractivity (Wildman–Crippen MR) is 61.6 cm³/mol. The summed E-state index contributed by atoms with van der Waals surface area (Å²) < 4.78 is 33.6. The molecule has 96 valence electrons. The number of rotatable bonds is 6. The van der Waals surface area contributed by atoms with E-state index in [0.29, 0.717) is 5.75 Å². The second kappa shape index (κ2) is 6.39. The largest absolute Gasteiger partial charge is 0.493 e. The molecule has 3 nitrogen and oxygen atoms in total. The molecule has 0 aromatic heterocycles. The molecule has 0 heterocycles. The van der Waals surface area contributed by atoms with Crippen LogP contribution in [0.2, 0.25) is 0 Å². The third-order valence-corrected chi connectivity index (χ3v) is 2.44. The lowest BCUT2D eigenvalue weighted by Crippen LogP contribution is -2.16. The standard InChI is InChI=1S/C12H17F2NO2/c1-4-15(2)8-9-5-6-10(17-12(13)14)11(7-9)16-3/h5-7,12H,4,8H2,1-3H3. The fraction of sp³-hybridized carbons (Fsp3) is 0.500. The van der Waals surface area contributed by atoms with Crippen LogP contribution in [0.3, 0.4) is 0 Å². The van der Waals surface area contributed by atoms with E-state index in [1.165, 1.54) is 13.2 Å². The zero-order chi connectivity index (χ0) is 12.8. The third-order valence-electron chi connectivity index (χ3n) is 2.44. The second-order valence-corrected chi connectivity index (χ2v) is 3.69. The zero-order valence-electron chi connectivity index (χ0n) is 10.2. The van der Waals surface area contributed by atoms with E-state index < -0.39 is 6.61 Å². The highest BCUT2D eigenvalue weighted by molar-refractivity contribution is 5.42. The van der Waals surface area contributed by atoms with Gasteiger partial charge in [-0.25, -0.2) is 0 Å². The summed E-state index contributed by atoms with van der Waals surface area (Å²) in [7, 11) is 3.41. The highest BCUT2D eigenvalue weighted by Crippen LogP contribution is 2.29. The number of nitrogens with zero attached hydrogens (tertiary/aromatic N) is 1. The Balaban J connectivity index is 2.84.